The summed E-state index contributed by atoms with van der Waals surface area (Å²) in [7, 11) is 0. The van der Waals surface area contributed by atoms with Crippen molar-refractivity contribution in [2.75, 3.05) is 11.4 Å². The molecular formula is C22H25N3O. The summed E-state index contributed by atoms with van der Waals surface area (Å²) in [5, 5.41) is 0. The number of carbonyl (C=O) groups excluding carboxylic acids is 1. The van der Waals surface area contributed by atoms with Gasteiger partial charge < -0.3 is 9.47 Å². The van der Waals surface area contributed by atoms with E-state index < -0.39 is 0 Å². The zero-order valence-corrected chi connectivity index (χ0v) is 15.5. The molecule has 2 heterocycles. The smallest absolute Gasteiger partial charge is 0.227 e. The molecular weight excluding hydrogens is 322 g/mol. The maximum Gasteiger partial charge on any atom is 0.227 e. The molecule has 1 atom stereocenters. The van der Waals surface area contributed by atoms with Gasteiger partial charge in [-0.2, -0.15) is 0 Å². The molecule has 1 saturated heterocycles. The van der Waals surface area contributed by atoms with Crippen LogP contribution in [0.3, 0.4) is 0 Å². The molecule has 1 amide bonds. The maximum absolute atomic E-state index is 12.7. The fourth-order valence-corrected chi connectivity index (χ4v) is 3.91. The van der Waals surface area contributed by atoms with Crippen LogP contribution in [0.4, 0.5) is 5.69 Å². The number of aryl methyl sites for hydroxylation is 2. The minimum atomic E-state index is 0.146. The van der Waals surface area contributed by atoms with Gasteiger partial charge in [-0.3, -0.25) is 4.79 Å². The molecule has 1 fully saturated rings. The number of nitrogens with zero attached hydrogens (tertiary/aromatic N) is 3. The highest BCUT2D eigenvalue weighted by Gasteiger charge is 2.34. The molecule has 4 nitrogen and oxygen atoms in total. The molecule has 0 radical (unpaired) electrons. The van der Waals surface area contributed by atoms with Crippen molar-refractivity contribution in [3.8, 4) is 0 Å². The topological polar surface area (TPSA) is 38.1 Å². The summed E-state index contributed by atoms with van der Waals surface area (Å²) < 4.78 is 2.30. The van der Waals surface area contributed by atoms with Crippen molar-refractivity contribution in [3.63, 3.8) is 0 Å². The highest BCUT2D eigenvalue weighted by Crippen LogP contribution is 2.33. The number of rotatable bonds is 5. The average molecular weight is 347 g/mol. The number of hydrogen-bond donors (Lipinski definition) is 0. The van der Waals surface area contributed by atoms with Crippen LogP contribution in [-0.2, 0) is 17.8 Å². The molecule has 134 valence electrons. The van der Waals surface area contributed by atoms with E-state index in [9.17, 15) is 4.79 Å². The molecule has 1 aliphatic rings. The van der Waals surface area contributed by atoms with Gasteiger partial charge in [0.15, 0.2) is 0 Å². The van der Waals surface area contributed by atoms with Crippen LogP contribution in [0.2, 0.25) is 0 Å². The van der Waals surface area contributed by atoms with Crippen molar-refractivity contribution in [2.24, 2.45) is 0 Å². The molecule has 0 aliphatic carbocycles. The Labute approximate surface area is 154 Å². The van der Waals surface area contributed by atoms with Crippen molar-refractivity contribution >= 4 is 22.6 Å². The van der Waals surface area contributed by atoms with Crippen molar-refractivity contribution in [2.45, 2.75) is 45.6 Å². The lowest BCUT2D eigenvalue weighted by atomic mass is 10.1. The Morgan fingerprint density at radius 1 is 1.08 bits per heavy atom. The van der Waals surface area contributed by atoms with E-state index in [1.54, 1.807) is 0 Å². The van der Waals surface area contributed by atoms with E-state index in [4.69, 9.17) is 4.98 Å². The molecule has 0 saturated carbocycles. The van der Waals surface area contributed by atoms with Gasteiger partial charge in [0.25, 0.3) is 0 Å². The summed E-state index contributed by atoms with van der Waals surface area (Å²) in [6.45, 7) is 5.97. The van der Waals surface area contributed by atoms with Crippen molar-refractivity contribution < 1.29 is 4.79 Å². The minimum Gasteiger partial charge on any atom is -0.328 e. The van der Waals surface area contributed by atoms with E-state index in [-0.39, 0.29) is 11.8 Å². The fourth-order valence-electron chi connectivity index (χ4n) is 3.91. The van der Waals surface area contributed by atoms with Crippen LogP contribution in [0.25, 0.3) is 11.0 Å². The number of amides is 1. The maximum atomic E-state index is 12.7. The number of carbonyl (C=O) groups is 1. The van der Waals surface area contributed by atoms with Gasteiger partial charge in [0.1, 0.15) is 5.82 Å². The van der Waals surface area contributed by atoms with E-state index in [2.05, 4.69) is 60.9 Å². The van der Waals surface area contributed by atoms with E-state index in [0.717, 1.165) is 36.4 Å². The number of hydrogen-bond acceptors (Lipinski definition) is 2. The summed E-state index contributed by atoms with van der Waals surface area (Å²) in [5.41, 5.74) is 4.48. The molecule has 3 aromatic rings. The monoisotopic (exact) mass is 347 g/mol. The Kier molecular flexibility index (Phi) is 4.49. The van der Waals surface area contributed by atoms with Gasteiger partial charge in [-0.25, -0.2) is 4.98 Å². The second-order valence-electron chi connectivity index (χ2n) is 7.04. The third-order valence-electron chi connectivity index (χ3n) is 5.28. The lowest BCUT2D eigenvalue weighted by molar-refractivity contribution is -0.117. The summed E-state index contributed by atoms with van der Waals surface area (Å²) in [5.74, 6) is 1.38. The molecule has 4 heteroatoms. The molecule has 0 bridgehead atoms. The van der Waals surface area contributed by atoms with Crippen molar-refractivity contribution in [3.05, 3.63) is 59.9 Å². The molecule has 4 rings (SSSR count). The molecule has 1 unspecified atom stereocenters. The first-order valence-corrected chi connectivity index (χ1v) is 9.55. The predicted molar refractivity (Wildman–Crippen MR) is 106 cm³/mol. The van der Waals surface area contributed by atoms with Gasteiger partial charge >= 0.3 is 0 Å². The molecule has 2 aromatic carbocycles. The zero-order valence-electron chi connectivity index (χ0n) is 15.5. The Bertz CT molecular complexity index is 926. The highest BCUT2D eigenvalue weighted by molar-refractivity contribution is 5.96. The van der Waals surface area contributed by atoms with Crippen molar-refractivity contribution in [1.82, 2.24) is 9.55 Å². The number of aromatic nitrogens is 2. The van der Waals surface area contributed by atoms with E-state index in [1.807, 2.05) is 11.0 Å². The van der Waals surface area contributed by atoms with Gasteiger partial charge in [-0.15, -0.1) is 0 Å². The molecule has 0 N–H and O–H groups in total. The molecule has 0 spiro atoms. The zero-order chi connectivity index (χ0) is 18.1. The summed E-state index contributed by atoms with van der Waals surface area (Å²) >= 11 is 0. The van der Waals surface area contributed by atoms with Gasteiger partial charge in [0.2, 0.25) is 5.91 Å². The van der Waals surface area contributed by atoms with Crippen LogP contribution in [0.1, 0.15) is 44.0 Å². The Morgan fingerprint density at radius 3 is 2.58 bits per heavy atom. The number of benzene rings is 2. The molecule has 1 aromatic heterocycles. The van der Waals surface area contributed by atoms with E-state index in [1.165, 1.54) is 11.1 Å². The average Bonchev–Trinajstić information content (AvgIpc) is 3.23. The number of imidazole rings is 1. The SMILES string of the molecule is CCCn1c(C2CC(=O)N(c3ccc(CC)cc3)C2)nc2ccccc21. The summed E-state index contributed by atoms with van der Waals surface area (Å²) in [4.78, 5) is 19.5. The van der Waals surface area contributed by atoms with Crippen LogP contribution in [0, 0.1) is 0 Å². The second-order valence-corrected chi connectivity index (χ2v) is 7.04. The van der Waals surface area contributed by atoms with Crippen LogP contribution in [0.15, 0.2) is 48.5 Å². The Morgan fingerprint density at radius 2 is 1.85 bits per heavy atom. The highest BCUT2D eigenvalue weighted by atomic mass is 16.2. The third kappa shape index (κ3) is 2.90. The normalized spacial score (nSPS) is 17.4. The van der Waals surface area contributed by atoms with Crippen LogP contribution < -0.4 is 4.90 Å². The van der Waals surface area contributed by atoms with Crippen LogP contribution in [-0.4, -0.2) is 22.0 Å². The largest absolute Gasteiger partial charge is 0.328 e. The van der Waals surface area contributed by atoms with Crippen molar-refractivity contribution in [1.29, 1.82) is 0 Å². The fraction of sp³-hybridized carbons (Fsp3) is 0.364. The summed E-state index contributed by atoms with van der Waals surface area (Å²) in [6, 6.07) is 16.6. The molecule has 1 aliphatic heterocycles. The Hall–Kier alpha value is -2.62. The van der Waals surface area contributed by atoms with Crippen LogP contribution >= 0.6 is 0 Å². The second kappa shape index (κ2) is 6.94. The lowest BCUT2D eigenvalue weighted by Crippen LogP contribution is -2.24. The van der Waals surface area contributed by atoms with Gasteiger partial charge in [-0.1, -0.05) is 38.1 Å². The first-order valence-electron chi connectivity index (χ1n) is 9.55. The van der Waals surface area contributed by atoms with Gasteiger partial charge in [0.05, 0.1) is 11.0 Å². The first-order chi connectivity index (χ1) is 12.7. The van der Waals surface area contributed by atoms with E-state index in [0.29, 0.717) is 13.0 Å². The predicted octanol–water partition coefficient (Wildman–Crippen LogP) is 4.53. The number of fused-ring (bicyclic) bond motifs is 1. The summed E-state index contributed by atoms with van der Waals surface area (Å²) in [6.07, 6.45) is 2.59. The first kappa shape index (κ1) is 16.8. The number of anilines is 1. The van der Waals surface area contributed by atoms with Crippen LogP contribution in [0.5, 0.6) is 0 Å². The standard InChI is InChI=1S/C22H25N3O/c1-3-13-24-20-8-6-5-7-19(20)23-22(24)17-14-21(26)25(15-17)18-11-9-16(4-2)10-12-18/h5-12,17H,3-4,13-15H2,1-2H3. The van der Waals surface area contributed by atoms with E-state index >= 15 is 0 Å². The third-order valence-corrected chi connectivity index (χ3v) is 5.28. The van der Waals surface area contributed by atoms with Gasteiger partial charge in [-0.05, 0) is 42.7 Å². The lowest BCUT2D eigenvalue weighted by Gasteiger charge is -2.17. The Balaban J connectivity index is 1.66. The molecule has 26 heavy (non-hydrogen) atoms. The quantitative estimate of drug-likeness (QED) is 0.680. The number of para-hydroxylation sites is 2. The van der Waals surface area contributed by atoms with Gasteiger partial charge in [0, 0.05) is 31.1 Å². The minimum absolute atomic E-state index is 0.146.